The molecule has 130 valence electrons. The highest BCUT2D eigenvalue weighted by atomic mass is 32.1. The van der Waals surface area contributed by atoms with Crippen molar-refractivity contribution in [2.45, 2.75) is 45.6 Å². The van der Waals surface area contributed by atoms with Gasteiger partial charge in [0.15, 0.2) is 0 Å². The van der Waals surface area contributed by atoms with Gasteiger partial charge in [0.25, 0.3) is 5.56 Å². The van der Waals surface area contributed by atoms with Gasteiger partial charge in [0.05, 0.1) is 11.7 Å². The fourth-order valence-electron chi connectivity index (χ4n) is 3.09. The lowest BCUT2D eigenvalue weighted by atomic mass is 9.97. The van der Waals surface area contributed by atoms with Gasteiger partial charge in [-0.15, -0.1) is 21.5 Å². The minimum atomic E-state index is -0.185. The molecule has 9 heteroatoms. The first kappa shape index (κ1) is 16.3. The molecule has 0 bridgehead atoms. The van der Waals surface area contributed by atoms with Gasteiger partial charge in [-0.1, -0.05) is 11.3 Å². The summed E-state index contributed by atoms with van der Waals surface area (Å²) in [5.74, 6) is -0.185. The SMILES string of the molecule is Cc1nnc(NC(=O)CCn2cnc3sc4c(c3c2=O)CCCC4)s1. The fraction of sp³-hybridized carbons (Fsp3) is 0.438. The molecule has 1 aliphatic carbocycles. The van der Waals surface area contributed by atoms with Gasteiger partial charge >= 0.3 is 0 Å². The van der Waals surface area contributed by atoms with E-state index in [2.05, 4.69) is 20.5 Å². The molecule has 3 aromatic rings. The number of carbonyl (C=O) groups is 1. The Morgan fingerprint density at radius 3 is 2.92 bits per heavy atom. The van der Waals surface area contributed by atoms with Crippen LogP contribution in [0.4, 0.5) is 5.13 Å². The van der Waals surface area contributed by atoms with Crippen molar-refractivity contribution < 1.29 is 4.79 Å². The number of amides is 1. The van der Waals surface area contributed by atoms with E-state index >= 15 is 0 Å². The van der Waals surface area contributed by atoms with E-state index in [9.17, 15) is 9.59 Å². The standard InChI is InChI=1S/C16H17N5O2S2/c1-9-19-20-16(24-9)18-12(22)6-7-21-8-17-14-13(15(21)23)10-4-2-3-5-11(10)25-14/h8H,2-7H2,1H3,(H,18,20,22). The molecule has 0 aliphatic heterocycles. The molecule has 0 aromatic carbocycles. The van der Waals surface area contributed by atoms with Crippen molar-refractivity contribution in [2.75, 3.05) is 5.32 Å². The van der Waals surface area contributed by atoms with E-state index in [4.69, 9.17) is 0 Å². The summed E-state index contributed by atoms with van der Waals surface area (Å²) in [5.41, 5.74) is 1.14. The Bertz CT molecular complexity index is 1000. The van der Waals surface area contributed by atoms with E-state index in [0.29, 0.717) is 11.7 Å². The summed E-state index contributed by atoms with van der Waals surface area (Å²) in [4.78, 5) is 31.4. The van der Waals surface area contributed by atoms with Crippen LogP contribution in [-0.2, 0) is 24.2 Å². The number of thiophene rings is 1. The highest BCUT2D eigenvalue weighted by Crippen LogP contribution is 2.33. The van der Waals surface area contributed by atoms with Gasteiger partial charge in [-0.2, -0.15) is 0 Å². The molecule has 25 heavy (non-hydrogen) atoms. The number of fused-ring (bicyclic) bond motifs is 3. The maximum Gasteiger partial charge on any atom is 0.262 e. The highest BCUT2D eigenvalue weighted by molar-refractivity contribution is 7.18. The zero-order valence-corrected chi connectivity index (χ0v) is 15.4. The zero-order valence-electron chi connectivity index (χ0n) is 13.7. The van der Waals surface area contributed by atoms with E-state index in [-0.39, 0.29) is 17.9 Å². The van der Waals surface area contributed by atoms with Gasteiger partial charge in [0.1, 0.15) is 9.84 Å². The molecule has 0 fully saturated rings. The summed E-state index contributed by atoms with van der Waals surface area (Å²) in [5, 5.41) is 12.5. The Kier molecular flexibility index (Phi) is 4.34. The summed E-state index contributed by atoms with van der Waals surface area (Å²) in [7, 11) is 0. The number of aryl methyl sites for hydroxylation is 4. The molecule has 7 nitrogen and oxygen atoms in total. The number of hydrogen-bond acceptors (Lipinski definition) is 7. The van der Waals surface area contributed by atoms with Gasteiger partial charge in [-0.25, -0.2) is 4.98 Å². The Balaban J connectivity index is 1.52. The van der Waals surface area contributed by atoms with Crippen LogP contribution in [0.2, 0.25) is 0 Å². The second-order valence-electron chi connectivity index (χ2n) is 6.06. The van der Waals surface area contributed by atoms with Crippen molar-refractivity contribution in [1.29, 1.82) is 0 Å². The van der Waals surface area contributed by atoms with Crippen LogP contribution < -0.4 is 10.9 Å². The van der Waals surface area contributed by atoms with Crippen LogP contribution >= 0.6 is 22.7 Å². The number of hydrogen-bond donors (Lipinski definition) is 1. The summed E-state index contributed by atoms with van der Waals surface area (Å²) in [6.07, 6.45) is 6.04. The Labute approximate surface area is 151 Å². The number of carbonyl (C=O) groups excluding carboxylic acids is 1. The average molecular weight is 375 g/mol. The average Bonchev–Trinajstić information content (AvgIpc) is 3.17. The van der Waals surface area contributed by atoms with Gasteiger partial charge in [0, 0.05) is 17.8 Å². The van der Waals surface area contributed by atoms with E-state index < -0.39 is 0 Å². The monoisotopic (exact) mass is 375 g/mol. The van der Waals surface area contributed by atoms with Crippen LogP contribution in [0.15, 0.2) is 11.1 Å². The quantitative estimate of drug-likeness (QED) is 0.757. The van der Waals surface area contributed by atoms with E-state index in [1.807, 2.05) is 6.92 Å². The zero-order chi connectivity index (χ0) is 17.4. The number of anilines is 1. The van der Waals surface area contributed by atoms with Gasteiger partial charge < -0.3 is 5.32 Å². The molecule has 0 saturated heterocycles. The maximum absolute atomic E-state index is 12.8. The third-order valence-corrected chi connectivity index (χ3v) is 6.25. The van der Waals surface area contributed by atoms with Crippen molar-refractivity contribution in [3.05, 3.63) is 32.1 Å². The molecule has 0 unspecified atom stereocenters. The fourth-order valence-corrected chi connectivity index (χ4v) is 4.92. The molecule has 1 aliphatic rings. The molecule has 0 radical (unpaired) electrons. The van der Waals surface area contributed by atoms with Crippen molar-refractivity contribution in [3.63, 3.8) is 0 Å². The Hall–Kier alpha value is -2.13. The smallest absolute Gasteiger partial charge is 0.262 e. The molecule has 3 heterocycles. The normalized spacial score (nSPS) is 13.8. The number of nitrogens with one attached hydrogen (secondary N) is 1. The van der Waals surface area contributed by atoms with Crippen LogP contribution in [0.1, 0.15) is 34.7 Å². The van der Waals surface area contributed by atoms with Crippen LogP contribution in [0.3, 0.4) is 0 Å². The molecule has 4 rings (SSSR count). The number of nitrogens with zero attached hydrogens (tertiary/aromatic N) is 4. The van der Waals surface area contributed by atoms with Gasteiger partial charge in [0.2, 0.25) is 11.0 Å². The van der Waals surface area contributed by atoms with Crippen molar-refractivity contribution in [1.82, 2.24) is 19.7 Å². The molecular weight excluding hydrogens is 358 g/mol. The lowest BCUT2D eigenvalue weighted by Crippen LogP contribution is -2.24. The molecule has 1 amide bonds. The van der Waals surface area contributed by atoms with E-state index in [0.717, 1.165) is 34.5 Å². The van der Waals surface area contributed by atoms with Crippen LogP contribution in [0, 0.1) is 6.92 Å². The van der Waals surface area contributed by atoms with E-state index in [1.54, 1.807) is 17.7 Å². The first-order chi connectivity index (χ1) is 12.1. The molecule has 0 saturated carbocycles. The molecule has 0 atom stereocenters. The van der Waals surface area contributed by atoms with Crippen molar-refractivity contribution >= 4 is 43.9 Å². The molecular formula is C16H17N5O2S2. The van der Waals surface area contributed by atoms with Crippen LogP contribution in [0.25, 0.3) is 10.2 Å². The largest absolute Gasteiger partial charge is 0.300 e. The Morgan fingerprint density at radius 1 is 1.28 bits per heavy atom. The summed E-state index contributed by atoms with van der Waals surface area (Å²) < 4.78 is 1.54. The minimum absolute atomic E-state index is 0.0380. The molecule has 3 aromatic heterocycles. The number of aromatic nitrogens is 4. The molecule has 0 spiro atoms. The summed E-state index contributed by atoms with van der Waals surface area (Å²) >= 11 is 2.96. The second kappa shape index (κ2) is 6.64. The third-order valence-electron chi connectivity index (χ3n) is 4.29. The van der Waals surface area contributed by atoms with Gasteiger partial charge in [-0.05, 0) is 38.2 Å². The lowest BCUT2D eigenvalue weighted by molar-refractivity contribution is -0.116. The molecule has 1 N–H and O–H groups in total. The topological polar surface area (TPSA) is 89.8 Å². The first-order valence-electron chi connectivity index (χ1n) is 8.21. The maximum atomic E-state index is 12.8. The first-order valence-corrected chi connectivity index (χ1v) is 9.85. The predicted octanol–water partition coefficient (Wildman–Crippen LogP) is 2.53. The summed E-state index contributed by atoms with van der Waals surface area (Å²) in [6, 6.07) is 0. The van der Waals surface area contributed by atoms with Gasteiger partial charge in [-0.3, -0.25) is 14.2 Å². The third kappa shape index (κ3) is 3.21. The highest BCUT2D eigenvalue weighted by Gasteiger charge is 2.20. The predicted molar refractivity (Wildman–Crippen MR) is 98.4 cm³/mol. The van der Waals surface area contributed by atoms with Crippen molar-refractivity contribution in [2.24, 2.45) is 0 Å². The lowest BCUT2D eigenvalue weighted by Gasteiger charge is -2.10. The number of rotatable bonds is 4. The van der Waals surface area contributed by atoms with Crippen molar-refractivity contribution in [3.8, 4) is 0 Å². The van der Waals surface area contributed by atoms with Crippen LogP contribution in [0.5, 0.6) is 0 Å². The van der Waals surface area contributed by atoms with Crippen LogP contribution in [-0.4, -0.2) is 25.7 Å². The second-order valence-corrected chi connectivity index (χ2v) is 8.32. The Morgan fingerprint density at radius 2 is 2.12 bits per heavy atom. The summed E-state index contributed by atoms with van der Waals surface area (Å²) in [6.45, 7) is 2.13. The minimum Gasteiger partial charge on any atom is -0.300 e. The van der Waals surface area contributed by atoms with E-state index in [1.165, 1.54) is 32.8 Å².